The molecule has 0 bridgehead atoms. The number of nitrogens with one attached hydrogen (secondary N) is 1. The molecule has 0 radical (unpaired) electrons. The average Bonchev–Trinajstić information content (AvgIpc) is 2.54. The smallest absolute Gasteiger partial charge is 0.213 e. The predicted molar refractivity (Wildman–Crippen MR) is 79.5 cm³/mol. The molecule has 7 heteroatoms. The van der Waals surface area contributed by atoms with Gasteiger partial charge in [0.1, 0.15) is 5.69 Å². The van der Waals surface area contributed by atoms with E-state index in [4.69, 9.17) is 15.7 Å². The van der Waals surface area contributed by atoms with Crippen LogP contribution in [0.5, 0.6) is 5.88 Å². The molecule has 2 aromatic rings. The van der Waals surface area contributed by atoms with Crippen LogP contribution < -0.4 is 15.8 Å². The first-order valence-corrected chi connectivity index (χ1v) is 6.48. The SMILES string of the molecule is CCOc1ccc(NCc2ccnc(/C(N)=N/O)c2)cn1. The van der Waals surface area contributed by atoms with Crippen LogP contribution in [-0.4, -0.2) is 27.6 Å². The fourth-order valence-electron chi connectivity index (χ4n) is 1.70. The van der Waals surface area contributed by atoms with Crippen molar-refractivity contribution in [3.63, 3.8) is 0 Å². The normalized spacial score (nSPS) is 11.2. The van der Waals surface area contributed by atoms with E-state index >= 15 is 0 Å². The quantitative estimate of drug-likeness (QED) is 0.322. The van der Waals surface area contributed by atoms with E-state index in [-0.39, 0.29) is 5.84 Å². The van der Waals surface area contributed by atoms with Crippen LogP contribution in [0.15, 0.2) is 41.8 Å². The Hall–Kier alpha value is -2.83. The largest absolute Gasteiger partial charge is 0.478 e. The Morgan fingerprint density at radius 2 is 2.24 bits per heavy atom. The summed E-state index contributed by atoms with van der Waals surface area (Å²) in [4.78, 5) is 8.20. The fraction of sp³-hybridized carbons (Fsp3) is 0.214. The maximum Gasteiger partial charge on any atom is 0.213 e. The van der Waals surface area contributed by atoms with Gasteiger partial charge in [0.15, 0.2) is 5.84 Å². The number of hydrogen-bond donors (Lipinski definition) is 3. The molecule has 0 aliphatic rings. The van der Waals surface area contributed by atoms with Gasteiger partial charge in [-0.15, -0.1) is 0 Å². The third-order valence-corrected chi connectivity index (χ3v) is 2.72. The molecule has 0 unspecified atom stereocenters. The second kappa shape index (κ2) is 7.09. The van der Waals surface area contributed by atoms with Gasteiger partial charge in [0, 0.05) is 18.8 Å². The average molecular weight is 287 g/mol. The highest BCUT2D eigenvalue weighted by atomic mass is 16.5. The number of pyridine rings is 2. The maximum atomic E-state index is 8.64. The lowest BCUT2D eigenvalue weighted by atomic mass is 10.2. The minimum absolute atomic E-state index is 0.0143. The molecule has 2 heterocycles. The molecule has 0 aromatic carbocycles. The summed E-state index contributed by atoms with van der Waals surface area (Å²) >= 11 is 0. The van der Waals surface area contributed by atoms with Crippen molar-refractivity contribution < 1.29 is 9.94 Å². The summed E-state index contributed by atoms with van der Waals surface area (Å²) < 4.78 is 5.28. The van der Waals surface area contributed by atoms with Crippen LogP contribution in [0.3, 0.4) is 0 Å². The van der Waals surface area contributed by atoms with E-state index < -0.39 is 0 Å². The van der Waals surface area contributed by atoms with E-state index in [9.17, 15) is 0 Å². The Balaban J connectivity index is 1.99. The highest BCUT2D eigenvalue weighted by Crippen LogP contribution is 2.13. The van der Waals surface area contributed by atoms with Crippen LogP contribution in [0.2, 0.25) is 0 Å². The van der Waals surface area contributed by atoms with Crippen LogP contribution in [0.25, 0.3) is 0 Å². The standard InChI is InChI=1S/C14H17N5O2/c1-2-21-13-4-3-11(9-18-13)17-8-10-5-6-16-12(7-10)14(15)19-20/h3-7,9,17,20H,2,8H2,1H3,(H2,15,19). The Bertz CT molecular complexity index is 613. The van der Waals surface area contributed by atoms with Crippen molar-refractivity contribution in [2.75, 3.05) is 11.9 Å². The first-order chi connectivity index (χ1) is 10.2. The first kappa shape index (κ1) is 14.6. The third-order valence-electron chi connectivity index (χ3n) is 2.72. The van der Waals surface area contributed by atoms with Crippen molar-refractivity contribution in [2.24, 2.45) is 10.9 Å². The number of anilines is 1. The number of nitrogens with zero attached hydrogens (tertiary/aromatic N) is 3. The molecule has 0 saturated heterocycles. The molecule has 0 atom stereocenters. The summed E-state index contributed by atoms with van der Waals surface area (Å²) in [7, 11) is 0. The van der Waals surface area contributed by atoms with Crippen LogP contribution in [0.1, 0.15) is 18.2 Å². The van der Waals surface area contributed by atoms with Gasteiger partial charge in [0.2, 0.25) is 5.88 Å². The molecule has 0 amide bonds. The number of amidine groups is 1. The summed E-state index contributed by atoms with van der Waals surface area (Å²) in [6.45, 7) is 3.08. The topological polar surface area (TPSA) is 106 Å². The van der Waals surface area contributed by atoms with Gasteiger partial charge in [0.25, 0.3) is 0 Å². The molecule has 0 aliphatic carbocycles. The molecule has 2 aromatic heterocycles. The van der Waals surface area contributed by atoms with Crippen molar-refractivity contribution in [3.05, 3.63) is 47.9 Å². The van der Waals surface area contributed by atoms with Crippen molar-refractivity contribution in [3.8, 4) is 5.88 Å². The summed E-state index contributed by atoms with van der Waals surface area (Å²) in [5, 5.41) is 14.8. The molecular formula is C14H17N5O2. The van der Waals surface area contributed by atoms with E-state index in [0.29, 0.717) is 24.7 Å². The van der Waals surface area contributed by atoms with Gasteiger partial charge in [-0.05, 0) is 30.7 Å². The van der Waals surface area contributed by atoms with Gasteiger partial charge >= 0.3 is 0 Å². The van der Waals surface area contributed by atoms with Crippen molar-refractivity contribution in [2.45, 2.75) is 13.5 Å². The number of aromatic nitrogens is 2. The van der Waals surface area contributed by atoms with Gasteiger partial charge in [0.05, 0.1) is 18.5 Å². The minimum Gasteiger partial charge on any atom is -0.478 e. The number of nitrogens with two attached hydrogens (primary N) is 1. The zero-order valence-electron chi connectivity index (χ0n) is 11.7. The van der Waals surface area contributed by atoms with Gasteiger partial charge in [-0.2, -0.15) is 0 Å². The van der Waals surface area contributed by atoms with Crippen LogP contribution >= 0.6 is 0 Å². The summed E-state index contributed by atoms with van der Waals surface area (Å²) in [5.41, 5.74) is 7.78. The van der Waals surface area contributed by atoms with E-state index in [1.807, 2.05) is 19.1 Å². The van der Waals surface area contributed by atoms with E-state index in [2.05, 4.69) is 20.4 Å². The molecule has 0 fully saturated rings. The maximum absolute atomic E-state index is 8.64. The number of ether oxygens (including phenoxy) is 1. The zero-order chi connectivity index (χ0) is 15.1. The molecule has 7 nitrogen and oxygen atoms in total. The second-order valence-electron chi connectivity index (χ2n) is 4.21. The van der Waals surface area contributed by atoms with Gasteiger partial charge < -0.3 is 21.0 Å². The van der Waals surface area contributed by atoms with Crippen LogP contribution in [-0.2, 0) is 6.54 Å². The minimum atomic E-state index is -0.0143. The number of hydrogen-bond acceptors (Lipinski definition) is 6. The third kappa shape index (κ3) is 4.07. The summed E-state index contributed by atoms with van der Waals surface area (Å²) in [6, 6.07) is 7.30. The van der Waals surface area contributed by atoms with Crippen molar-refractivity contribution >= 4 is 11.5 Å². The number of oxime groups is 1. The Morgan fingerprint density at radius 3 is 2.90 bits per heavy atom. The summed E-state index contributed by atoms with van der Waals surface area (Å²) in [5.74, 6) is 0.584. The zero-order valence-corrected chi connectivity index (χ0v) is 11.7. The molecule has 4 N–H and O–H groups in total. The second-order valence-corrected chi connectivity index (χ2v) is 4.21. The Morgan fingerprint density at radius 1 is 1.38 bits per heavy atom. The van der Waals surface area contributed by atoms with E-state index in [0.717, 1.165) is 11.3 Å². The van der Waals surface area contributed by atoms with Gasteiger partial charge in [-0.1, -0.05) is 5.16 Å². The molecule has 0 spiro atoms. The van der Waals surface area contributed by atoms with Gasteiger partial charge in [-0.3, -0.25) is 4.98 Å². The summed E-state index contributed by atoms with van der Waals surface area (Å²) in [6.07, 6.45) is 3.32. The van der Waals surface area contributed by atoms with Crippen LogP contribution in [0, 0.1) is 0 Å². The first-order valence-electron chi connectivity index (χ1n) is 6.48. The van der Waals surface area contributed by atoms with E-state index in [1.165, 1.54) is 0 Å². The molecule has 2 rings (SSSR count). The lowest BCUT2D eigenvalue weighted by Crippen LogP contribution is -2.15. The fourth-order valence-corrected chi connectivity index (χ4v) is 1.70. The molecule has 0 saturated carbocycles. The molecule has 21 heavy (non-hydrogen) atoms. The lowest BCUT2D eigenvalue weighted by molar-refractivity contribution is 0.318. The van der Waals surface area contributed by atoms with Gasteiger partial charge in [-0.25, -0.2) is 4.98 Å². The Labute approximate surface area is 122 Å². The molecule has 110 valence electrons. The highest BCUT2D eigenvalue weighted by Gasteiger charge is 2.02. The van der Waals surface area contributed by atoms with Crippen molar-refractivity contribution in [1.29, 1.82) is 0 Å². The monoisotopic (exact) mass is 287 g/mol. The molecule has 0 aliphatic heterocycles. The van der Waals surface area contributed by atoms with Crippen LogP contribution in [0.4, 0.5) is 5.69 Å². The highest BCUT2D eigenvalue weighted by molar-refractivity contribution is 5.95. The lowest BCUT2D eigenvalue weighted by Gasteiger charge is -2.08. The number of rotatable bonds is 6. The molecular weight excluding hydrogens is 270 g/mol. The van der Waals surface area contributed by atoms with Crippen molar-refractivity contribution in [1.82, 2.24) is 9.97 Å². The predicted octanol–water partition coefficient (Wildman–Crippen LogP) is 1.58. The Kier molecular flexibility index (Phi) is 4.92. The van der Waals surface area contributed by atoms with E-state index in [1.54, 1.807) is 24.5 Å².